The molecule has 1 aliphatic heterocycles. The fraction of sp³-hybridized carbons (Fsp3) is 0.588. The number of alkyl halides is 2. The van der Waals surface area contributed by atoms with Gasteiger partial charge in [-0.25, -0.2) is 8.78 Å². The van der Waals surface area contributed by atoms with Gasteiger partial charge in [-0.3, -0.25) is 14.3 Å². The van der Waals surface area contributed by atoms with Crippen LogP contribution < -0.4 is 5.73 Å². The van der Waals surface area contributed by atoms with Crippen molar-refractivity contribution in [3.05, 3.63) is 29.2 Å². The molecule has 1 atom stereocenters. The number of hydrogen-bond acceptors (Lipinski definition) is 4. The van der Waals surface area contributed by atoms with Crippen LogP contribution in [0.1, 0.15) is 49.2 Å². The fourth-order valence-electron chi connectivity index (χ4n) is 4.13. The molecule has 1 spiro atoms. The summed E-state index contributed by atoms with van der Waals surface area (Å²) in [6.07, 6.45) is 1.51. The van der Waals surface area contributed by atoms with Gasteiger partial charge in [0.25, 0.3) is 12.3 Å². The van der Waals surface area contributed by atoms with E-state index in [0.29, 0.717) is 25.9 Å². The van der Waals surface area contributed by atoms with Crippen molar-refractivity contribution in [2.24, 2.45) is 23.6 Å². The Morgan fingerprint density at radius 2 is 2.08 bits per heavy atom. The first-order valence-electron chi connectivity index (χ1n) is 8.19. The van der Waals surface area contributed by atoms with Gasteiger partial charge in [0.15, 0.2) is 5.78 Å². The molecule has 3 rings (SSSR count). The SMILES string of the molecule is Cn1cc(C(=O)N2CC[C@@]3(C=C(N)C(=O)C(C)(C)C3)C2)c(C(F)F)n1. The number of carbonyl (C=O) groups is 2. The Kier molecular flexibility index (Phi) is 3.96. The van der Waals surface area contributed by atoms with E-state index in [2.05, 4.69) is 5.10 Å². The normalized spacial score (nSPS) is 25.8. The predicted octanol–water partition coefficient (Wildman–Crippen LogP) is 2.03. The average molecular weight is 352 g/mol. The number of aryl methyl sites for hydroxylation is 1. The number of nitrogens with zero attached hydrogens (tertiary/aromatic N) is 3. The number of aromatic nitrogens is 2. The number of nitrogens with two attached hydrogens (primary N) is 1. The molecule has 0 bridgehead atoms. The third kappa shape index (κ3) is 2.94. The van der Waals surface area contributed by atoms with Gasteiger partial charge in [0, 0.05) is 37.2 Å². The van der Waals surface area contributed by atoms with Gasteiger partial charge in [0.1, 0.15) is 5.69 Å². The van der Waals surface area contributed by atoms with Crippen molar-refractivity contribution in [1.29, 1.82) is 0 Å². The Morgan fingerprint density at radius 3 is 2.68 bits per heavy atom. The molecular formula is C17H22F2N4O2. The summed E-state index contributed by atoms with van der Waals surface area (Å²) in [6.45, 7) is 4.49. The second-order valence-corrected chi connectivity index (χ2v) is 7.73. The number of Topliss-reactive ketones (excluding diaryl/α,β-unsaturated/α-hetero) is 1. The maximum atomic E-state index is 13.1. The van der Waals surface area contributed by atoms with E-state index in [0.717, 1.165) is 0 Å². The Labute approximate surface area is 144 Å². The molecular weight excluding hydrogens is 330 g/mol. The summed E-state index contributed by atoms with van der Waals surface area (Å²) in [5.41, 5.74) is 4.58. The highest BCUT2D eigenvalue weighted by atomic mass is 19.3. The Bertz CT molecular complexity index is 769. The predicted molar refractivity (Wildman–Crippen MR) is 86.8 cm³/mol. The lowest BCUT2D eigenvalue weighted by molar-refractivity contribution is -0.125. The van der Waals surface area contributed by atoms with Gasteiger partial charge in [-0.05, 0) is 18.9 Å². The molecule has 2 N–H and O–H groups in total. The summed E-state index contributed by atoms with van der Waals surface area (Å²) in [5, 5.41) is 3.69. The van der Waals surface area contributed by atoms with Crippen LogP contribution in [0, 0.1) is 10.8 Å². The first-order valence-corrected chi connectivity index (χ1v) is 8.19. The zero-order valence-corrected chi connectivity index (χ0v) is 14.6. The van der Waals surface area contributed by atoms with Crippen molar-refractivity contribution < 1.29 is 18.4 Å². The van der Waals surface area contributed by atoms with Crippen molar-refractivity contribution in [3.8, 4) is 0 Å². The van der Waals surface area contributed by atoms with E-state index in [1.807, 2.05) is 13.8 Å². The number of halogens is 2. The standard InChI is InChI=1S/C17H22F2N4O2/c1-16(2)8-17(6-11(20)13(16)24)4-5-23(9-17)15(25)10-7-22(3)21-12(10)14(18)19/h6-7,14H,4-5,8-9,20H2,1-3H3/t17-/m0/s1. The first-order chi connectivity index (χ1) is 11.5. The minimum absolute atomic E-state index is 0.0716. The summed E-state index contributed by atoms with van der Waals surface area (Å²) >= 11 is 0. The van der Waals surface area contributed by atoms with Crippen LogP contribution in [0.3, 0.4) is 0 Å². The van der Waals surface area contributed by atoms with Crippen LogP contribution in [0.4, 0.5) is 8.78 Å². The molecule has 0 radical (unpaired) electrons. The maximum absolute atomic E-state index is 13.1. The smallest absolute Gasteiger partial charge is 0.282 e. The van der Waals surface area contributed by atoms with Crippen LogP contribution in [0.15, 0.2) is 18.0 Å². The van der Waals surface area contributed by atoms with Gasteiger partial charge in [0.05, 0.1) is 11.3 Å². The van der Waals surface area contributed by atoms with Crippen molar-refractivity contribution in [1.82, 2.24) is 14.7 Å². The highest BCUT2D eigenvalue weighted by molar-refractivity contribution is 6.00. The first kappa shape index (κ1) is 17.6. The summed E-state index contributed by atoms with van der Waals surface area (Å²) in [4.78, 5) is 26.5. The van der Waals surface area contributed by atoms with Crippen LogP contribution in [-0.2, 0) is 11.8 Å². The maximum Gasteiger partial charge on any atom is 0.282 e. The monoisotopic (exact) mass is 352 g/mol. The Balaban J connectivity index is 1.86. The zero-order valence-electron chi connectivity index (χ0n) is 14.6. The zero-order chi connectivity index (χ0) is 18.6. The fourth-order valence-corrected chi connectivity index (χ4v) is 4.13. The van der Waals surface area contributed by atoms with Crippen molar-refractivity contribution in [2.75, 3.05) is 13.1 Å². The van der Waals surface area contributed by atoms with Crippen molar-refractivity contribution in [2.45, 2.75) is 33.1 Å². The van der Waals surface area contributed by atoms with Crippen molar-refractivity contribution >= 4 is 11.7 Å². The second kappa shape index (κ2) is 5.64. The second-order valence-electron chi connectivity index (χ2n) is 7.73. The molecule has 2 heterocycles. The summed E-state index contributed by atoms with van der Waals surface area (Å²) < 4.78 is 27.5. The quantitative estimate of drug-likeness (QED) is 0.883. The van der Waals surface area contributed by atoms with E-state index in [4.69, 9.17) is 5.73 Å². The molecule has 0 saturated carbocycles. The van der Waals surface area contributed by atoms with Gasteiger partial charge in [0.2, 0.25) is 0 Å². The molecule has 1 aromatic rings. The molecule has 0 unspecified atom stereocenters. The number of ketones is 1. The number of rotatable bonds is 2. The number of hydrogen-bond donors (Lipinski definition) is 1. The topological polar surface area (TPSA) is 81.2 Å². The number of carbonyl (C=O) groups excluding carboxylic acids is 2. The lowest BCUT2D eigenvalue weighted by Crippen LogP contribution is -2.42. The van der Waals surface area contributed by atoms with Crippen LogP contribution in [0.25, 0.3) is 0 Å². The van der Waals surface area contributed by atoms with Gasteiger partial charge in [-0.1, -0.05) is 13.8 Å². The van der Waals surface area contributed by atoms with Crippen LogP contribution >= 0.6 is 0 Å². The van der Waals surface area contributed by atoms with E-state index < -0.39 is 23.4 Å². The largest absolute Gasteiger partial charge is 0.396 e. The average Bonchev–Trinajstić information content (AvgIpc) is 3.08. The summed E-state index contributed by atoms with van der Waals surface area (Å²) in [6, 6.07) is 0. The highest BCUT2D eigenvalue weighted by Gasteiger charge is 2.48. The van der Waals surface area contributed by atoms with E-state index in [-0.39, 0.29) is 22.5 Å². The van der Waals surface area contributed by atoms with E-state index in [9.17, 15) is 18.4 Å². The molecule has 1 saturated heterocycles. The molecule has 0 aromatic carbocycles. The molecule has 8 heteroatoms. The molecule has 1 aliphatic carbocycles. The van der Waals surface area contributed by atoms with Gasteiger partial charge in [-0.2, -0.15) is 5.10 Å². The molecule has 6 nitrogen and oxygen atoms in total. The van der Waals surface area contributed by atoms with Crippen molar-refractivity contribution in [3.63, 3.8) is 0 Å². The molecule has 1 aromatic heterocycles. The third-order valence-corrected chi connectivity index (χ3v) is 5.10. The molecule has 2 aliphatic rings. The van der Waals surface area contributed by atoms with E-state index >= 15 is 0 Å². The number of likely N-dealkylation sites (tertiary alicyclic amines) is 1. The Morgan fingerprint density at radius 1 is 1.40 bits per heavy atom. The number of amides is 1. The highest BCUT2D eigenvalue weighted by Crippen LogP contribution is 2.47. The van der Waals surface area contributed by atoms with E-state index in [1.54, 1.807) is 11.0 Å². The summed E-state index contributed by atoms with van der Waals surface area (Å²) in [7, 11) is 1.51. The minimum Gasteiger partial charge on any atom is -0.396 e. The van der Waals surface area contributed by atoms with Crippen LogP contribution in [0.2, 0.25) is 0 Å². The molecule has 136 valence electrons. The van der Waals surface area contributed by atoms with Crippen LogP contribution in [0.5, 0.6) is 0 Å². The molecule has 1 amide bonds. The lowest BCUT2D eigenvalue weighted by Gasteiger charge is -2.39. The molecule has 25 heavy (non-hydrogen) atoms. The van der Waals surface area contributed by atoms with E-state index in [1.165, 1.54) is 17.9 Å². The lowest BCUT2D eigenvalue weighted by atomic mass is 9.65. The Hall–Kier alpha value is -2.25. The van der Waals surface area contributed by atoms with Gasteiger partial charge >= 0.3 is 0 Å². The summed E-state index contributed by atoms with van der Waals surface area (Å²) in [5.74, 6) is -0.544. The number of allylic oxidation sites excluding steroid dienone is 1. The molecule has 1 fully saturated rings. The van der Waals surface area contributed by atoms with Crippen LogP contribution in [-0.4, -0.2) is 39.5 Å². The van der Waals surface area contributed by atoms with Gasteiger partial charge < -0.3 is 10.6 Å². The van der Waals surface area contributed by atoms with Gasteiger partial charge in [-0.15, -0.1) is 0 Å². The minimum atomic E-state index is -2.81. The third-order valence-electron chi connectivity index (χ3n) is 5.10.